The van der Waals surface area contributed by atoms with E-state index < -0.39 is 6.09 Å². The quantitative estimate of drug-likeness (QED) is 0.837. The predicted molar refractivity (Wildman–Crippen MR) is 75.9 cm³/mol. The normalized spacial score (nSPS) is 10.0. The number of benzene rings is 1. The van der Waals surface area contributed by atoms with E-state index in [0.29, 0.717) is 5.69 Å². The van der Waals surface area contributed by atoms with Crippen LogP contribution in [0.5, 0.6) is 5.75 Å². The van der Waals surface area contributed by atoms with E-state index in [1.54, 1.807) is 31.2 Å². The Labute approximate surface area is 118 Å². The van der Waals surface area contributed by atoms with Gasteiger partial charge in [0.1, 0.15) is 12.3 Å². The van der Waals surface area contributed by atoms with Gasteiger partial charge in [-0.25, -0.2) is 4.79 Å². The van der Waals surface area contributed by atoms with E-state index in [4.69, 9.17) is 4.74 Å². The molecule has 0 atom stereocenters. The molecule has 2 amide bonds. The molecule has 0 aliphatic heterocycles. The van der Waals surface area contributed by atoms with Crippen LogP contribution in [0.15, 0.2) is 24.3 Å². The summed E-state index contributed by atoms with van der Waals surface area (Å²) in [7, 11) is 0. The van der Waals surface area contributed by atoms with Gasteiger partial charge in [-0.05, 0) is 45.0 Å². The lowest BCUT2D eigenvalue weighted by Crippen LogP contribution is -2.33. The first kappa shape index (κ1) is 15.8. The van der Waals surface area contributed by atoms with Gasteiger partial charge in [0.2, 0.25) is 5.91 Å². The van der Waals surface area contributed by atoms with E-state index in [1.165, 1.54) is 0 Å². The van der Waals surface area contributed by atoms with Gasteiger partial charge in [-0.2, -0.15) is 0 Å². The number of carbonyl (C=O) groups is 2. The Morgan fingerprint density at radius 1 is 1.20 bits per heavy atom. The molecule has 0 radical (unpaired) electrons. The van der Waals surface area contributed by atoms with Crippen molar-refractivity contribution in [3.05, 3.63) is 24.3 Å². The van der Waals surface area contributed by atoms with E-state index in [2.05, 4.69) is 15.4 Å². The molecule has 6 heteroatoms. The second-order valence-corrected chi connectivity index (χ2v) is 4.31. The molecule has 1 aromatic carbocycles. The number of ether oxygens (including phenoxy) is 2. The number of hydrogen-bond donors (Lipinski definition) is 2. The second kappa shape index (κ2) is 8.04. The standard InChI is InChI=1S/C14H20N2O4/c1-4-19-14(18)15-9-13(17)16-11-5-7-12(8-6-11)20-10(2)3/h5-8,10H,4,9H2,1-3H3,(H,15,18)(H,16,17). The summed E-state index contributed by atoms with van der Waals surface area (Å²) in [6.45, 7) is 5.71. The number of carbonyl (C=O) groups excluding carboxylic acids is 2. The summed E-state index contributed by atoms with van der Waals surface area (Å²) >= 11 is 0. The Balaban J connectivity index is 2.40. The van der Waals surface area contributed by atoms with Crippen molar-refractivity contribution in [1.82, 2.24) is 5.32 Å². The third-order valence-electron chi connectivity index (χ3n) is 2.18. The Kier molecular flexibility index (Phi) is 6.36. The van der Waals surface area contributed by atoms with E-state index in [0.717, 1.165) is 5.75 Å². The molecule has 0 aliphatic rings. The van der Waals surface area contributed by atoms with Crippen LogP contribution in [-0.4, -0.2) is 31.3 Å². The van der Waals surface area contributed by atoms with Gasteiger partial charge in [0.15, 0.2) is 0 Å². The fourth-order valence-corrected chi connectivity index (χ4v) is 1.43. The Hall–Kier alpha value is -2.24. The zero-order valence-electron chi connectivity index (χ0n) is 11.9. The van der Waals surface area contributed by atoms with Crippen molar-refractivity contribution in [3.63, 3.8) is 0 Å². The highest BCUT2D eigenvalue weighted by atomic mass is 16.5. The molecule has 0 bridgehead atoms. The van der Waals surface area contributed by atoms with Gasteiger partial charge in [-0.3, -0.25) is 4.79 Å². The lowest BCUT2D eigenvalue weighted by molar-refractivity contribution is -0.115. The molecule has 1 aromatic rings. The van der Waals surface area contributed by atoms with E-state index >= 15 is 0 Å². The molecule has 110 valence electrons. The molecule has 0 unspecified atom stereocenters. The Morgan fingerprint density at radius 2 is 1.85 bits per heavy atom. The monoisotopic (exact) mass is 280 g/mol. The summed E-state index contributed by atoms with van der Waals surface area (Å²) in [4.78, 5) is 22.6. The number of hydrogen-bond acceptors (Lipinski definition) is 4. The molecule has 20 heavy (non-hydrogen) atoms. The number of amides is 2. The number of nitrogens with one attached hydrogen (secondary N) is 2. The summed E-state index contributed by atoms with van der Waals surface area (Å²) in [6.07, 6.45) is -0.507. The van der Waals surface area contributed by atoms with Crippen LogP contribution in [0.4, 0.5) is 10.5 Å². The molecule has 0 saturated heterocycles. The third-order valence-corrected chi connectivity index (χ3v) is 2.18. The number of alkyl carbamates (subject to hydrolysis) is 1. The molecular formula is C14H20N2O4. The fourth-order valence-electron chi connectivity index (χ4n) is 1.43. The first-order valence-corrected chi connectivity index (χ1v) is 6.48. The molecule has 0 aromatic heterocycles. The minimum atomic E-state index is -0.608. The third kappa shape index (κ3) is 6.08. The van der Waals surface area contributed by atoms with Crippen LogP contribution in [0.2, 0.25) is 0 Å². The first-order chi connectivity index (χ1) is 9.51. The smallest absolute Gasteiger partial charge is 0.407 e. The molecule has 2 N–H and O–H groups in total. The highest BCUT2D eigenvalue weighted by molar-refractivity contribution is 5.93. The van der Waals surface area contributed by atoms with Gasteiger partial charge >= 0.3 is 6.09 Å². The average molecular weight is 280 g/mol. The summed E-state index contributed by atoms with van der Waals surface area (Å²) in [6, 6.07) is 7.02. The first-order valence-electron chi connectivity index (χ1n) is 6.48. The zero-order valence-corrected chi connectivity index (χ0v) is 11.9. The molecule has 0 fully saturated rings. The predicted octanol–water partition coefficient (Wildman–Crippen LogP) is 2.16. The Bertz CT molecular complexity index is 443. The van der Waals surface area contributed by atoms with Gasteiger partial charge in [0.25, 0.3) is 0 Å². The molecule has 0 heterocycles. The van der Waals surface area contributed by atoms with Gasteiger partial charge in [0.05, 0.1) is 12.7 Å². The minimum absolute atomic E-state index is 0.101. The minimum Gasteiger partial charge on any atom is -0.491 e. The molecular weight excluding hydrogens is 260 g/mol. The highest BCUT2D eigenvalue weighted by Gasteiger charge is 2.06. The highest BCUT2D eigenvalue weighted by Crippen LogP contribution is 2.16. The largest absolute Gasteiger partial charge is 0.491 e. The van der Waals surface area contributed by atoms with Crippen LogP contribution < -0.4 is 15.4 Å². The summed E-state index contributed by atoms with van der Waals surface area (Å²) in [5.74, 6) is 0.415. The molecule has 0 aliphatic carbocycles. The van der Waals surface area contributed by atoms with Gasteiger partial charge in [-0.1, -0.05) is 0 Å². The van der Waals surface area contributed by atoms with Crippen molar-refractivity contribution in [1.29, 1.82) is 0 Å². The fraction of sp³-hybridized carbons (Fsp3) is 0.429. The average Bonchev–Trinajstić information content (AvgIpc) is 2.38. The van der Waals surface area contributed by atoms with Crippen LogP contribution in [0.1, 0.15) is 20.8 Å². The van der Waals surface area contributed by atoms with E-state index in [9.17, 15) is 9.59 Å². The van der Waals surface area contributed by atoms with Crippen molar-refractivity contribution in [3.8, 4) is 5.75 Å². The van der Waals surface area contributed by atoms with Gasteiger partial charge in [-0.15, -0.1) is 0 Å². The van der Waals surface area contributed by atoms with E-state index in [-0.39, 0.29) is 25.2 Å². The lowest BCUT2D eigenvalue weighted by atomic mass is 10.3. The summed E-state index contributed by atoms with van der Waals surface area (Å²) in [5, 5.41) is 5.00. The molecule has 1 rings (SSSR count). The molecule has 0 spiro atoms. The summed E-state index contributed by atoms with van der Waals surface area (Å²) in [5.41, 5.74) is 0.636. The second-order valence-electron chi connectivity index (χ2n) is 4.31. The van der Waals surface area contributed by atoms with E-state index in [1.807, 2.05) is 13.8 Å². The van der Waals surface area contributed by atoms with Crippen LogP contribution >= 0.6 is 0 Å². The van der Waals surface area contributed by atoms with Crippen molar-refractivity contribution in [2.75, 3.05) is 18.5 Å². The van der Waals surface area contributed by atoms with Crippen molar-refractivity contribution in [2.45, 2.75) is 26.9 Å². The Morgan fingerprint density at radius 3 is 2.40 bits per heavy atom. The SMILES string of the molecule is CCOC(=O)NCC(=O)Nc1ccc(OC(C)C)cc1. The maximum atomic E-state index is 11.6. The molecule has 6 nitrogen and oxygen atoms in total. The van der Waals surface area contributed by atoms with Crippen LogP contribution in [0.25, 0.3) is 0 Å². The lowest BCUT2D eigenvalue weighted by Gasteiger charge is -2.11. The summed E-state index contributed by atoms with van der Waals surface area (Å²) < 4.78 is 10.1. The van der Waals surface area contributed by atoms with Crippen molar-refractivity contribution >= 4 is 17.7 Å². The van der Waals surface area contributed by atoms with Crippen LogP contribution in [-0.2, 0) is 9.53 Å². The zero-order chi connectivity index (χ0) is 15.0. The van der Waals surface area contributed by atoms with Gasteiger partial charge < -0.3 is 20.1 Å². The van der Waals surface area contributed by atoms with Crippen molar-refractivity contribution in [2.24, 2.45) is 0 Å². The van der Waals surface area contributed by atoms with Gasteiger partial charge in [0, 0.05) is 5.69 Å². The molecule has 0 saturated carbocycles. The van der Waals surface area contributed by atoms with Crippen LogP contribution in [0, 0.1) is 0 Å². The van der Waals surface area contributed by atoms with Crippen LogP contribution in [0.3, 0.4) is 0 Å². The topological polar surface area (TPSA) is 76.7 Å². The number of rotatable bonds is 6. The maximum Gasteiger partial charge on any atom is 0.407 e. The maximum absolute atomic E-state index is 11.6. The number of anilines is 1. The van der Waals surface area contributed by atoms with Crippen molar-refractivity contribution < 1.29 is 19.1 Å².